The van der Waals surface area contributed by atoms with E-state index in [1.165, 1.54) is 14.2 Å². The molecule has 1 amide bonds. The Balaban J connectivity index is 2.35. The van der Waals surface area contributed by atoms with Crippen molar-refractivity contribution >= 4 is 22.8 Å². The molecule has 1 atom stereocenters. The fraction of sp³-hybridized carbons (Fsp3) is 0.450. The van der Waals surface area contributed by atoms with Crippen LogP contribution in [0.5, 0.6) is 11.5 Å². The zero-order valence-electron chi connectivity index (χ0n) is 16.5. The first-order valence-corrected chi connectivity index (χ1v) is 9.02. The van der Waals surface area contributed by atoms with Crippen LogP contribution >= 0.6 is 0 Å². The fourth-order valence-electron chi connectivity index (χ4n) is 2.99. The Hall–Kier alpha value is -3.03. The molecule has 1 heterocycles. The van der Waals surface area contributed by atoms with Gasteiger partial charge in [-0.1, -0.05) is 19.8 Å². The molecule has 0 spiro atoms. The Morgan fingerprint density at radius 1 is 1.21 bits per heavy atom. The molecule has 0 saturated heterocycles. The minimum Gasteiger partial charge on any atom is -0.493 e. The van der Waals surface area contributed by atoms with Gasteiger partial charge in [-0.2, -0.15) is 0 Å². The van der Waals surface area contributed by atoms with E-state index in [-0.39, 0.29) is 12.0 Å². The zero-order chi connectivity index (χ0) is 20.8. The number of unbranched alkanes of at least 4 members (excludes halogenated alkanes) is 1. The Bertz CT molecular complexity index is 932. The lowest BCUT2D eigenvalue weighted by atomic mass is 10.0. The fourth-order valence-corrected chi connectivity index (χ4v) is 2.99. The summed E-state index contributed by atoms with van der Waals surface area (Å²) < 4.78 is 15.8. The number of aryl methyl sites for hydroxylation is 1. The quantitative estimate of drug-likeness (QED) is 0.631. The van der Waals surface area contributed by atoms with Gasteiger partial charge in [0.1, 0.15) is 11.6 Å². The largest absolute Gasteiger partial charge is 0.493 e. The van der Waals surface area contributed by atoms with Gasteiger partial charge in [-0.3, -0.25) is 4.79 Å². The van der Waals surface area contributed by atoms with E-state index in [2.05, 4.69) is 5.32 Å². The van der Waals surface area contributed by atoms with Gasteiger partial charge in [0, 0.05) is 11.5 Å². The minimum atomic E-state index is -1.10. The third kappa shape index (κ3) is 4.62. The van der Waals surface area contributed by atoms with Gasteiger partial charge in [0.2, 0.25) is 5.91 Å². The molecular formula is C20H25NO7. The van der Waals surface area contributed by atoms with Crippen molar-refractivity contribution in [2.45, 2.75) is 45.6 Å². The number of amides is 1. The predicted octanol–water partition coefficient (Wildman–Crippen LogP) is 2.42. The van der Waals surface area contributed by atoms with Gasteiger partial charge in [-0.05, 0) is 25.0 Å². The molecule has 152 valence electrons. The minimum absolute atomic E-state index is 0.178. The third-order valence-corrected chi connectivity index (χ3v) is 4.61. The van der Waals surface area contributed by atoms with E-state index in [1.807, 2.05) is 6.92 Å². The first kappa shape index (κ1) is 21.3. The molecule has 2 aromatic rings. The SMILES string of the molecule is CCCC[C@@H](NC(=O)Cc1c(C)c2cc(OC)c(OC)cc2oc1=O)C(=O)O. The number of carboxylic acid groups (broad SMARTS) is 1. The summed E-state index contributed by atoms with van der Waals surface area (Å²) in [5, 5.41) is 12.3. The average molecular weight is 391 g/mol. The van der Waals surface area contributed by atoms with Gasteiger partial charge in [0.25, 0.3) is 0 Å². The number of methoxy groups -OCH3 is 2. The zero-order valence-corrected chi connectivity index (χ0v) is 16.5. The second-order valence-corrected chi connectivity index (χ2v) is 6.47. The number of hydrogen-bond acceptors (Lipinski definition) is 6. The number of ether oxygens (including phenoxy) is 2. The molecule has 2 N–H and O–H groups in total. The number of rotatable bonds is 9. The maximum atomic E-state index is 12.4. The van der Waals surface area contributed by atoms with Crippen molar-refractivity contribution in [3.8, 4) is 11.5 Å². The Morgan fingerprint density at radius 2 is 1.86 bits per heavy atom. The van der Waals surface area contributed by atoms with Crippen molar-refractivity contribution in [3.05, 3.63) is 33.7 Å². The first-order chi connectivity index (χ1) is 13.3. The van der Waals surface area contributed by atoms with Crippen LogP contribution in [0.1, 0.15) is 37.3 Å². The molecule has 1 aromatic heterocycles. The van der Waals surface area contributed by atoms with Gasteiger partial charge in [0.05, 0.1) is 26.2 Å². The van der Waals surface area contributed by atoms with Gasteiger partial charge in [-0.25, -0.2) is 9.59 Å². The van der Waals surface area contributed by atoms with E-state index in [4.69, 9.17) is 13.9 Å². The summed E-state index contributed by atoms with van der Waals surface area (Å²) in [4.78, 5) is 36.1. The summed E-state index contributed by atoms with van der Waals surface area (Å²) in [6.45, 7) is 3.65. The summed E-state index contributed by atoms with van der Waals surface area (Å²) in [6.07, 6.45) is 1.56. The Kier molecular flexibility index (Phi) is 7.03. The van der Waals surface area contributed by atoms with Crippen molar-refractivity contribution in [1.82, 2.24) is 5.32 Å². The highest BCUT2D eigenvalue weighted by molar-refractivity contribution is 5.88. The number of aliphatic carboxylic acids is 1. The lowest BCUT2D eigenvalue weighted by Gasteiger charge is -2.15. The molecule has 28 heavy (non-hydrogen) atoms. The number of carbonyl (C=O) groups is 2. The van der Waals surface area contributed by atoms with Crippen LogP contribution in [0.4, 0.5) is 0 Å². The molecule has 0 bridgehead atoms. The van der Waals surface area contributed by atoms with Gasteiger partial charge in [0.15, 0.2) is 11.5 Å². The molecule has 1 aromatic carbocycles. The topological polar surface area (TPSA) is 115 Å². The second-order valence-electron chi connectivity index (χ2n) is 6.47. The molecule has 0 aliphatic rings. The number of nitrogens with one attached hydrogen (secondary N) is 1. The average Bonchev–Trinajstić information content (AvgIpc) is 2.67. The summed E-state index contributed by atoms with van der Waals surface area (Å²) in [5.74, 6) is -0.754. The second kappa shape index (κ2) is 9.25. The van der Waals surface area contributed by atoms with E-state index >= 15 is 0 Å². The molecule has 8 nitrogen and oxygen atoms in total. The van der Waals surface area contributed by atoms with E-state index in [0.717, 1.165) is 6.42 Å². The Morgan fingerprint density at radius 3 is 2.43 bits per heavy atom. The van der Waals surface area contributed by atoms with Crippen LogP contribution in [0.2, 0.25) is 0 Å². The number of hydrogen-bond donors (Lipinski definition) is 2. The van der Waals surface area contributed by atoms with Crippen molar-refractivity contribution in [2.75, 3.05) is 14.2 Å². The molecule has 2 rings (SSSR count). The molecule has 0 fully saturated rings. The van der Waals surface area contributed by atoms with Crippen LogP contribution in [-0.2, 0) is 16.0 Å². The maximum absolute atomic E-state index is 12.4. The highest BCUT2D eigenvalue weighted by Crippen LogP contribution is 2.33. The van der Waals surface area contributed by atoms with E-state index in [0.29, 0.717) is 40.9 Å². The van der Waals surface area contributed by atoms with Crippen molar-refractivity contribution in [3.63, 3.8) is 0 Å². The van der Waals surface area contributed by atoms with E-state index in [1.54, 1.807) is 19.1 Å². The number of carboxylic acids is 1. The van der Waals surface area contributed by atoms with Crippen molar-refractivity contribution in [2.24, 2.45) is 0 Å². The third-order valence-electron chi connectivity index (χ3n) is 4.61. The van der Waals surface area contributed by atoms with Crippen LogP contribution in [-0.4, -0.2) is 37.2 Å². The summed E-state index contributed by atoms with van der Waals surface area (Å²) in [6, 6.07) is 2.25. The van der Waals surface area contributed by atoms with Crippen LogP contribution in [0.25, 0.3) is 11.0 Å². The monoisotopic (exact) mass is 391 g/mol. The molecule has 0 unspecified atom stereocenters. The number of fused-ring (bicyclic) bond motifs is 1. The first-order valence-electron chi connectivity index (χ1n) is 9.02. The van der Waals surface area contributed by atoms with Gasteiger partial charge < -0.3 is 24.3 Å². The summed E-state index contributed by atoms with van der Waals surface area (Å²) >= 11 is 0. The Labute approximate surface area is 162 Å². The van der Waals surface area contributed by atoms with Crippen LogP contribution in [0.3, 0.4) is 0 Å². The molecule has 0 saturated carbocycles. The normalized spacial score (nSPS) is 11.9. The molecular weight excluding hydrogens is 366 g/mol. The highest BCUT2D eigenvalue weighted by atomic mass is 16.5. The smallest absolute Gasteiger partial charge is 0.340 e. The van der Waals surface area contributed by atoms with E-state index in [9.17, 15) is 19.5 Å². The maximum Gasteiger partial charge on any atom is 0.340 e. The number of benzene rings is 1. The molecule has 0 radical (unpaired) electrons. The standard InChI is InChI=1S/C20H25NO7/c1-5-6-7-14(19(23)24)21-18(22)9-13-11(2)12-8-16(26-3)17(27-4)10-15(12)28-20(13)25/h8,10,14H,5-7,9H2,1-4H3,(H,21,22)(H,23,24)/t14-/m1/s1. The summed E-state index contributed by atoms with van der Waals surface area (Å²) in [5.41, 5.74) is 0.420. The van der Waals surface area contributed by atoms with Gasteiger partial charge >= 0.3 is 11.6 Å². The molecule has 0 aliphatic heterocycles. The molecule has 8 heteroatoms. The summed E-state index contributed by atoms with van der Waals surface area (Å²) in [7, 11) is 2.97. The van der Waals surface area contributed by atoms with E-state index < -0.39 is 23.5 Å². The van der Waals surface area contributed by atoms with Crippen molar-refractivity contribution in [1.29, 1.82) is 0 Å². The molecule has 0 aliphatic carbocycles. The lowest BCUT2D eigenvalue weighted by molar-refractivity contribution is -0.142. The predicted molar refractivity (Wildman–Crippen MR) is 103 cm³/mol. The highest BCUT2D eigenvalue weighted by Gasteiger charge is 2.22. The lowest BCUT2D eigenvalue weighted by Crippen LogP contribution is -2.42. The van der Waals surface area contributed by atoms with Crippen LogP contribution in [0.15, 0.2) is 21.3 Å². The van der Waals surface area contributed by atoms with Crippen molar-refractivity contribution < 1.29 is 28.6 Å². The van der Waals surface area contributed by atoms with Crippen LogP contribution < -0.4 is 20.4 Å². The van der Waals surface area contributed by atoms with Gasteiger partial charge in [-0.15, -0.1) is 0 Å². The number of carbonyl (C=O) groups excluding carboxylic acids is 1. The van der Waals surface area contributed by atoms with Crippen LogP contribution in [0, 0.1) is 6.92 Å².